The fourth-order valence-electron chi connectivity index (χ4n) is 3.18. The zero-order valence-electron chi connectivity index (χ0n) is 16.3. The minimum atomic E-state index is -0.104. The maximum absolute atomic E-state index is 12.7. The van der Waals surface area contributed by atoms with Crippen molar-refractivity contribution in [1.82, 2.24) is 10.2 Å². The third-order valence-electron chi connectivity index (χ3n) is 4.69. The second kappa shape index (κ2) is 8.80. The first-order valence-electron chi connectivity index (χ1n) is 9.49. The molecule has 0 saturated carbocycles. The number of nitrogens with zero attached hydrogens (tertiary/aromatic N) is 1. The Balaban J connectivity index is 1.72. The minimum absolute atomic E-state index is 0.0929. The Bertz CT molecular complexity index is 761. The van der Waals surface area contributed by atoms with Crippen LogP contribution in [0.2, 0.25) is 0 Å². The molecule has 2 amide bonds. The number of hydrogen-bond donors (Lipinski definition) is 1. The van der Waals surface area contributed by atoms with E-state index in [1.807, 2.05) is 55.6 Å². The summed E-state index contributed by atoms with van der Waals surface area (Å²) >= 11 is 0. The number of urea groups is 1. The van der Waals surface area contributed by atoms with E-state index in [4.69, 9.17) is 9.47 Å². The number of rotatable bonds is 5. The highest BCUT2D eigenvalue weighted by atomic mass is 16.5. The topological polar surface area (TPSA) is 50.8 Å². The molecule has 144 valence electrons. The van der Waals surface area contributed by atoms with Gasteiger partial charge in [0.15, 0.2) is 11.5 Å². The van der Waals surface area contributed by atoms with Crippen molar-refractivity contribution >= 4 is 6.03 Å². The molecule has 1 N–H and O–H groups in total. The maximum atomic E-state index is 12.7. The van der Waals surface area contributed by atoms with E-state index in [-0.39, 0.29) is 18.0 Å². The highest BCUT2D eigenvalue weighted by Crippen LogP contribution is 2.34. The van der Waals surface area contributed by atoms with Crippen LogP contribution in [-0.4, -0.2) is 31.2 Å². The normalized spacial score (nSPS) is 14.4. The molecule has 1 aliphatic rings. The van der Waals surface area contributed by atoms with Gasteiger partial charge in [-0.15, -0.1) is 0 Å². The maximum Gasteiger partial charge on any atom is 0.317 e. The van der Waals surface area contributed by atoms with Crippen molar-refractivity contribution in [2.75, 3.05) is 20.3 Å². The molecule has 0 saturated heterocycles. The molecule has 2 aromatic carbocycles. The number of fused-ring (bicyclic) bond motifs is 1. The van der Waals surface area contributed by atoms with Crippen LogP contribution in [0.3, 0.4) is 0 Å². The minimum Gasteiger partial charge on any atom is -0.490 e. The molecule has 0 aliphatic carbocycles. The number of amides is 2. The molecule has 0 fully saturated rings. The smallest absolute Gasteiger partial charge is 0.317 e. The highest BCUT2D eigenvalue weighted by molar-refractivity contribution is 5.74. The van der Waals surface area contributed by atoms with Crippen molar-refractivity contribution in [2.45, 2.75) is 32.9 Å². The Kier molecular flexibility index (Phi) is 6.22. The molecule has 0 aromatic heterocycles. The van der Waals surface area contributed by atoms with Crippen LogP contribution < -0.4 is 14.8 Å². The largest absolute Gasteiger partial charge is 0.490 e. The fourth-order valence-corrected chi connectivity index (χ4v) is 3.18. The third kappa shape index (κ3) is 4.94. The van der Waals surface area contributed by atoms with Gasteiger partial charge >= 0.3 is 6.03 Å². The van der Waals surface area contributed by atoms with E-state index in [9.17, 15) is 4.79 Å². The molecule has 1 aliphatic heterocycles. The lowest BCUT2D eigenvalue weighted by Gasteiger charge is -2.27. The summed E-state index contributed by atoms with van der Waals surface area (Å²) in [5, 5.41) is 3.17. The molecule has 0 unspecified atom stereocenters. The lowest BCUT2D eigenvalue weighted by Crippen LogP contribution is -2.40. The predicted octanol–water partition coefficient (Wildman–Crippen LogP) is 4.39. The molecule has 27 heavy (non-hydrogen) atoms. The summed E-state index contributed by atoms with van der Waals surface area (Å²) in [4.78, 5) is 14.4. The molecule has 0 bridgehead atoms. The van der Waals surface area contributed by atoms with Gasteiger partial charge in [0.05, 0.1) is 19.3 Å². The Labute approximate surface area is 161 Å². The first kappa shape index (κ1) is 19.1. The second-order valence-corrected chi connectivity index (χ2v) is 7.27. The van der Waals surface area contributed by atoms with E-state index in [0.717, 1.165) is 29.0 Å². The van der Waals surface area contributed by atoms with E-state index < -0.39 is 0 Å². The van der Waals surface area contributed by atoms with E-state index in [1.165, 1.54) is 0 Å². The van der Waals surface area contributed by atoms with Crippen molar-refractivity contribution in [2.24, 2.45) is 5.92 Å². The summed E-state index contributed by atoms with van der Waals surface area (Å²) in [6, 6.07) is 15.7. The molecule has 3 rings (SSSR count). The first-order valence-corrected chi connectivity index (χ1v) is 9.49. The molecule has 5 nitrogen and oxygen atoms in total. The molecular weight excluding hydrogens is 340 g/mol. The molecule has 2 aromatic rings. The van der Waals surface area contributed by atoms with Crippen LogP contribution >= 0.6 is 0 Å². The summed E-state index contributed by atoms with van der Waals surface area (Å²) in [5.74, 6) is 1.76. The second-order valence-electron chi connectivity index (χ2n) is 7.27. The van der Waals surface area contributed by atoms with Crippen molar-refractivity contribution in [1.29, 1.82) is 0 Å². The fraction of sp³-hybridized carbons (Fsp3) is 0.409. The number of hydrogen-bond acceptors (Lipinski definition) is 3. The monoisotopic (exact) mass is 368 g/mol. The van der Waals surface area contributed by atoms with E-state index in [2.05, 4.69) is 19.2 Å². The molecule has 1 heterocycles. The summed E-state index contributed by atoms with van der Waals surface area (Å²) < 4.78 is 11.5. The number of carbonyl (C=O) groups is 1. The van der Waals surface area contributed by atoms with Crippen LogP contribution in [0, 0.1) is 5.92 Å². The van der Waals surface area contributed by atoms with Crippen LogP contribution in [0.4, 0.5) is 4.79 Å². The Morgan fingerprint density at radius 1 is 1.07 bits per heavy atom. The predicted molar refractivity (Wildman–Crippen MR) is 106 cm³/mol. The summed E-state index contributed by atoms with van der Waals surface area (Å²) in [5.41, 5.74) is 2.13. The van der Waals surface area contributed by atoms with Gasteiger partial charge in [0.1, 0.15) is 0 Å². The van der Waals surface area contributed by atoms with Crippen LogP contribution in [-0.2, 0) is 6.54 Å². The summed E-state index contributed by atoms with van der Waals surface area (Å²) in [7, 11) is 1.81. The number of benzene rings is 2. The van der Waals surface area contributed by atoms with Crippen molar-refractivity contribution in [3.63, 3.8) is 0 Å². The summed E-state index contributed by atoms with van der Waals surface area (Å²) in [6.07, 6.45) is 0.874. The number of ether oxygens (including phenoxy) is 2. The quantitative estimate of drug-likeness (QED) is 0.852. The zero-order valence-corrected chi connectivity index (χ0v) is 16.3. The number of nitrogens with one attached hydrogen (secondary N) is 1. The van der Waals surface area contributed by atoms with Gasteiger partial charge < -0.3 is 19.7 Å². The Hall–Kier alpha value is -2.69. The van der Waals surface area contributed by atoms with Crippen LogP contribution in [0.15, 0.2) is 48.5 Å². The third-order valence-corrected chi connectivity index (χ3v) is 4.69. The molecule has 5 heteroatoms. The average Bonchev–Trinajstić information content (AvgIpc) is 2.91. The van der Waals surface area contributed by atoms with Crippen molar-refractivity contribution in [3.05, 3.63) is 59.7 Å². The van der Waals surface area contributed by atoms with Gasteiger partial charge in [0.2, 0.25) is 0 Å². The first-order chi connectivity index (χ1) is 13.0. The SMILES string of the molecule is CC(C)[C@@H](NC(=O)N(C)Cc1ccccc1)c1ccc2c(c1)OCCCO2. The van der Waals surface area contributed by atoms with Crippen molar-refractivity contribution < 1.29 is 14.3 Å². The van der Waals surface area contributed by atoms with Crippen molar-refractivity contribution in [3.8, 4) is 11.5 Å². The van der Waals surface area contributed by atoms with Gasteiger partial charge in [-0.05, 0) is 29.2 Å². The van der Waals surface area contributed by atoms with E-state index in [1.54, 1.807) is 4.90 Å². The molecule has 1 atom stereocenters. The lowest BCUT2D eigenvalue weighted by atomic mass is 9.95. The van der Waals surface area contributed by atoms with Crippen LogP contribution in [0.1, 0.15) is 37.4 Å². The standard InChI is InChI=1S/C22H28N2O3/c1-16(2)21(18-10-11-19-20(14-18)27-13-7-12-26-19)23-22(25)24(3)15-17-8-5-4-6-9-17/h4-6,8-11,14,16,21H,7,12-13,15H2,1-3H3,(H,23,25)/t21-/m1/s1. The van der Waals surface area contributed by atoms with Gasteiger partial charge in [-0.25, -0.2) is 4.79 Å². The number of carbonyl (C=O) groups excluding carboxylic acids is 1. The molecule has 0 spiro atoms. The highest BCUT2D eigenvalue weighted by Gasteiger charge is 2.22. The van der Waals surface area contributed by atoms with Gasteiger partial charge in [0.25, 0.3) is 0 Å². The van der Waals surface area contributed by atoms with Gasteiger partial charge in [-0.1, -0.05) is 50.2 Å². The van der Waals surface area contributed by atoms with Gasteiger partial charge in [-0.3, -0.25) is 0 Å². The molecular formula is C22H28N2O3. The van der Waals surface area contributed by atoms with E-state index in [0.29, 0.717) is 19.8 Å². The lowest BCUT2D eigenvalue weighted by molar-refractivity contribution is 0.198. The Morgan fingerprint density at radius 3 is 2.48 bits per heavy atom. The van der Waals surface area contributed by atoms with E-state index >= 15 is 0 Å². The van der Waals surface area contributed by atoms with Crippen LogP contribution in [0.5, 0.6) is 11.5 Å². The van der Waals surface area contributed by atoms with Gasteiger partial charge in [0, 0.05) is 20.0 Å². The van der Waals surface area contributed by atoms with Gasteiger partial charge in [-0.2, -0.15) is 0 Å². The Morgan fingerprint density at radius 2 is 1.78 bits per heavy atom. The average molecular weight is 368 g/mol. The zero-order chi connectivity index (χ0) is 19.2. The van der Waals surface area contributed by atoms with Crippen LogP contribution in [0.25, 0.3) is 0 Å². The summed E-state index contributed by atoms with van der Waals surface area (Å²) in [6.45, 7) is 6.09. The molecule has 0 radical (unpaired) electrons.